The Bertz CT molecular complexity index is 2250. The Morgan fingerprint density at radius 1 is 0.966 bits per heavy atom. The van der Waals surface area contributed by atoms with E-state index >= 15 is 9.59 Å². The van der Waals surface area contributed by atoms with Crippen molar-refractivity contribution >= 4 is 19.9 Å². The smallest absolute Gasteiger partial charge is 0.508 e. The van der Waals surface area contributed by atoms with Crippen LogP contribution >= 0.6 is 0 Å². The first-order valence-corrected chi connectivity index (χ1v) is 22.1. The second-order valence-corrected chi connectivity index (χ2v) is 21.8. The highest BCUT2D eigenvalue weighted by Gasteiger charge is 2.66. The average Bonchev–Trinajstić information content (AvgIpc) is 3.58. The van der Waals surface area contributed by atoms with E-state index in [1.165, 1.54) is 6.07 Å². The van der Waals surface area contributed by atoms with Crippen molar-refractivity contribution in [3.63, 3.8) is 0 Å². The van der Waals surface area contributed by atoms with Gasteiger partial charge in [0.1, 0.15) is 36.0 Å². The number of aliphatic hydroxyl groups excluding tert-OH is 1. The fraction of sp³-hybridized carbons (Fsp3) is 0.419. The Kier molecular flexibility index (Phi) is 10.7. The number of halogens is 3. The molecule has 0 radical (unpaired) electrons. The number of hydrogen-bond acceptors (Lipinski definition) is 11. The maximum atomic E-state index is 15.3. The van der Waals surface area contributed by atoms with E-state index < -0.39 is 66.3 Å². The number of ketones is 2. The highest BCUT2D eigenvalue weighted by Crippen LogP contribution is 2.59. The zero-order valence-corrected chi connectivity index (χ0v) is 34.5. The summed E-state index contributed by atoms with van der Waals surface area (Å²) >= 11 is 0. The van der Waals surface area contributed by atoms with Gasteiger partial charge in [-0.25, -0.2) is 0 Å². The second-order valence-electron chi connectivity index (χ2n) is 17.1. The van der Waals surface area contributed by atoms with Gasteiger partial charge in [0, 0.05) is 29.2 Å². The number of nitrogens with two attached hydrogens (primary N) is 1. The van der Waals surface area contributed by atoms with Crippen LogP contribution in [0.25, 0.3) is 0 Å². The standard InChI is InChI=1S/C43H48F3N3O8Si/c1-41(2,3)58(6,7)57-42-29(34(47)37-33(39(42)52)40(48-56-37)54-23-25-16-12-9-13-17-25)19-26-18-28-32(35(50)31(26)38(42)51)30(53-22-24-14-10-8-11-15-24)20-27(21-49(4)5)36(28)55-43(44,45)46/h8-17,20,26,29,34,51H,18-19,21-23,47H2,1-7H3/t26-,29-,34-,42?/m0/s1. The molecule has 7 rings (SSSR count). The zero-order valence-electron chi connectivity index (χ0n) is 33.5. The molecule has 0 spiro atoms. The number of fused-ring (bicyclic) bond motifs is 4. The third kappa shape index (κ3) is 7.33. The van der Waals surface area contributed by atoms with Gasteiger partial charge in [0.05, 0.1) is 11.6 Å². The van der Waals surface area contributed by atoms with E-state index in [2.05, 4.69) is 5.16 Å². The van der Waals surface area contributed by atoms with Crippen molar-refractivity contribution in [1.82, 2.24) is 10.1 Å². The summed E-state index contributed by atoms with van der Waals surface area (Å²) in [5, 5.41) is 16.4. The number of aliphatic hydroxyl groups is 1. The second kappa shape index (κ2) is 15.0. The van der Waals surface area contributed by atoms with Crippen LogP contribution in [-0.2, 0) is 30.6 Å². The van der Waals surface area contributed by atoms with E-state index in [-0.39, 0.29) is 77.8 Å². The number of nitrogens with zero attached hydrogens (tertiary/aromatic N) is 2. The summed E-state index contributed by atoms with van der Waals surface area (Å²) in [6.07, 6.45) is -5.30. The van der Waals surface area contributed by atoms with Gasteiger partial charge in [-0.3, -0.25) is 9.59 Å². The summed E-state index contributed by atoms with van der Waals surface area (Å²) < 4.78 is 72.4. The van der Waals surface area contributed by atoms with Crippen LogP contribution in [0.15, 0.2) is 82.6 Å². The van der Waals surface area contributed by atoms with Crippen LogP contribution in [0.3, 0.4) is 0 Å². The van der Waals surface area contributed by atoms with Gasteiger partial charge in [-0.2, -0.15) is 0 Å². The predicted molar refractivity (Wildman–Crippen MR) is 210 cm³/mol. The minimum atomic E-state index is -5.09. The van der Waals surface area contributed by atoms with Gasteiger partial charge in [0.15, 0.2) is 25.5 Å². The van der Waals surface area contributed by atoms with E-state index in [1.54, 1.807) is 19.0 Å². The van der Waals surface area contributed by atoms with Gasteiger partial charge >= 0.3 is 6.36 Å². The molecule has 0 saturated heterocycles. The minimum Gasteiger partial charge on any atom is -0.508 e. The molecule has 3 aliphatic rings. The van der Waals surface area contributed by atoms with E-state index in [0.29, 0.717) is 0 Å². The molecule has 0 bridgehead atoms. The Balaban J connectivity index is 1.43. The van der Waals surface area contributed by atoms with Crippen molar-refractivity contribution in [2.24, 2.45) is 17.6 Å². The van der Waals surface area contributed by atoms with Gasteiger partial charge in [-0.15, -0.1) is 13.2 Å². The molecule has 0 saturated carbocycles. The summed E-state index contributed by atoms with van der Waals surface area (Å²) in [6.45, 7) is 9.80. The first kappa shape index (κ1) is 41.2. The lowest BCUT2D eigenvalue weighted by atomic mass is 9.59. The van der Waals surface area contributed by atoms with E-state index in [4.69, 9.17) is 28.9 Å². The number of hydrogen-bond donors (Lipinski definition) is 2. The van der Waals surface area contributed by atoms with Crippen molar-refractivity contribution in [2.75, 3.05) is 14.1 Å². The number of alkyl halides is 3. The largest absolute Gasteiger partial charge is 0.573 e. The topological polar surface area (TPSA) is 147 Å². The summed E-state index contributed by atoms with van der Waals surface area (Å²) in [6, 6.07) is 18.6. The number of aromatic nitrogens is 1. The highest BCUT2D eigenvalue weighted by atomic mass is 28.4. The summed E-state index contributed by atoms with van der Waals surface area (Å²) in [7, 11) is 0.370. The van der Waals surface area contributed by atoms with Crippen molar-refractivity contribution < 1.29 is 51.0 Å². The van der Waals surface area contributed by atoms with Gasteiger partial charge in [0.2, 0.25) is 5.78 Å². The summed E-state index contributed by atoms with van der Waals surface area (Å²) in [5.74, 6) is -4.70. The number of ether oxygens (including phenoxy) is 3. The molecule has 1 heterocycles. The predicted octanol–water partition coefficient (Wildman–Crippen LogP) is 8.64. The molecule has 0 amide bonds. The average molecular weight is 820 g/mol. The lowest BCUT2D eigenvalue weighted by Crippen LogP contribution is -2.64. The number of Topliss-reactive ketones (excluding diaryl/α,β-unsaturated/α-hetero) is 2. The Labute approximate surface area is 336 Å². The van der Waals surface area contributed by atoms with Crippen LogP contribution in [0.4, 0.5) is 13.2 Å². The monoisotopic (exact) mass is 819 g/mol. The van der Waals surface area contributed by atoms with Crippen LogP contribution in [0.5, 0.6) is 17.4 Å². The lowest BCUT2D eigenvalue weighted by Gasteiger charge is -2.53. The quantitative estimate of drug-likeness (QED) is 0.140. The zero-order chi connectivity index (χ0) is 41.9. The van der Waals surface area contributed by atoms with Crippen molar-refractivity contribution in [3.05, 3.63) is 117 Å². The molecule has 308 valence electrons. The molecule has 4 aromatic rings. The molecule has 3 N–H and O–H groups in total. The SMILES string of the molecule is CN(C)Cc1cc(OCc2ccccc2)c2c(c1OC(F)(F)F)C[C@H]1C[C@H]3[C@H](N)c4onc(OCc5ccccc5)c4C(=O)C3(O[Si](C)(C)C(C)(C)C)C(O)=C1C2=O. The van der Waals surface area contributed by atoms with Crippen molar-refractivity contribution in [2.45, 2.75) is 89.5 Å². The minimum absolute atomic E-state index is 0.00818. The van der Waals surface area contributed by atoms with Crippen LogP contribution in [0.1, 0.15) is 82.0 Å². The molecule has 0 aliphatic heterocycles. The summed E-state index contributed by atoms with van der Waals surface area (Å²) in [4.78, 5) is 32.1. The fourth-order valence-electron chi connectivity index (χ4n) is 8.08. The van der Waals surface area contributed by atoms with Gasteiger partial charge < -0.3 is 38.9 Å². The molecular formula is C43H48F3N3O8Si. The van der Waals surface area contributed by atoms with Crippen LogP contribution in [0, 0.1) is 11.8 Å². The van der Waals surface area contributed by atoms with Crippen molar-refractivity contribution in [1.29, 1.82) is 0 Å². The van der Waals surface area contributed by atoms with Crippen molar-refractivity contribution in [3.8, 4) is 17.4 Å². The first-order valence-electron chi connectivity index (χ1n) is 19.1. The molecule has 3 aliphatic carbocycles. The summed E-state index contributed by atoms with van der Waals surface area (Å²) in [5.41, 5.74) is 6.04. The molecule has 58 heavy (non-hydrogen) atoms. The normalized spacial score (nSPS) is 22.0. The fourth-order valence-corrected chi connectivity index (χ4v) is 9.53. The Morgan fingerprint density at radius 2 is 1.57 bits per heavy atom. The van der Waals surface area contributed by atoms with E-state index in [1.807, 2.05) is 94.5 Å². The number of carbonyl (C=O) groups is 2. The molecule has 3 aromatic carbocycles. The number of benzene rings is 3. The third-order valence-corrected chi connectivity index (χ3v) is 16.2. The third-order valence-electron chi connectivity index (χ3n) is 11.8. The molecule has 15 heteroatoms. The van der Waals surface area contributed by atoms with Gasteiger partial charge in [-0.1, -0.05) is 81.4 Å². The Morgan fingerprint density at radius 3 is 2.14 bits per heavy atom. The Hall–Kier alpha value is -4.96. The maximum Gasteiger partial charge on any atom is 0.573 e. The molecule has 0 fully saturated rings. The molecule has 4 atom stereocenters. The van der Waals surface area contributed by atoms with E-state index in [0.717, 1.165) is 11.1 Å². The highest BCUT2D eigenvalue weighted by molar-refractivity contribution is 6.74. The lowest BCUT2D eigenvalue weighted by molar-refractivity contribution is -0.275. The van der Waals surface area contributed by atoms with Gasteiger partial charge in [-0.05, 0) is 73.3 Å². The molecule has 1 unspecified atom stereocenters. The van der Waals surface area contributed by atoms with E-state index in [9.17, 15) is 18.3 Å². The maximum absolute atomic E-state index is 15.3. The number of rotatable bonds is 11. The van der Waals surface area contributed by atoms with Crippen LogP contribution in [0.2, 0.25) is 18.1 Å². The molecule has 11 nitrogen and oxygen atoms in total. The first-order chi connectivity index (χ1) is 27.2. The molecular weight excluding hydrogens is 772 g/mol. The van der Waals surface area contributed by atoms with Gasteiger partial charge in [0.25, 0.3) is 5.88 Å². The molecule has 1 aromatic heterocycles. The number of allylic oxidation sites excluding steroid dienone is 1. The number of carbonyl (C=O) groups excluding carboxylic acids is 2. The van der Waals surface area contributed by atoms with Crippen LogP contribution < -0.4 is 19.9 Å². The van der Waals surface area contributed by atoms with Crippen LogP contribution in [-0.4, -0.2) is 61.1 Å².